The third kappa shape index (κ3) is 4.83. The lowest BCUT2D eigenvalue weighted by Gasteiger charge is -2.28. The minimum Gasteiger partial charge on any atom is -0.497 e. The molecule has 36 heavy (non-hydrogen) atoms. The lowest BCUT2D eigenvalue weighted by molar-refractivity contribution is 0.205. The Morgan fingerprint density at radius 3 is 2.44 bits per heavy atom. The Labute approximate surface area is 225 Å². The molecule has 1 unspecified atom stereocenters. The van der Waals surface area contributed by atoms with Crippen molar-refractivity contribution in [2.45, 2.75) is 13.0 Å². The zero-order valence-corrected chi connectivity index (χ0v) is 23.3. The van der Waals surface area contributed by atoms with Crippen LogP contribution in [0.2, 0.25) is 0 Å². The number of nitrogens with one attached hydrogen (secondary N) is 1. The quantitative estimate of drug-likeness (QED) is 0.281. The zero-order valence-electron chi connectivity index (χ0n) is 20.1. The van der Waals surface area contributed by atoms with Gasteiger partial charge < -0.3 is 19.7 Å². The van der Waals surface area contributed by atoms with E-state index in [0.29, 0.717) is 44.1 Å². The molecule has 0 fully saturated rings. The van der Waals surface area contributed by atoms with Crippen molar-refractivity contribution in [3.8, 4) is 17.2 Å². The molecular formula is C26H24Br2N4O4. The summed E-state index contributed by atoms with van der Waals surface area (Å²) in [5.41, 5.74) is 1.37. The summed E-state index contributed by atoms with van der Waals surface area (Å²) in [6, 6.07) is 16.9. The number of methoxy groups -OCH3 is 2. The summed E-state index contributed by atoms with van der Waals surface area (Å²) in [4.78, 5) is 33.3. The number of benzene rings is 3. The predicted octanol–water partition coefficient (Wildman–Crippen LogP) is 6.15. The third-order valence-corrected chi connectivity index (χ3v) is 7.37. The number of aromatic nitrogens is 2. The van der Waals surface area contributed by atoms with Crippen LogP contribution < -0.4 is 20.3 Å². The van der Waals surface area contributed by atoms with Crippen molar-refractivity contribution in [1.82, 2.24) is 14.5 Å². The standard InChI is InChI=1S/C26H24Br2N4O4/c1-15(31(2)26(34)30-20-12-8-6-10-18(20)27)24-29-19-11-7-5-9-17(19)25(33)32(24)21-13-16(35-3)14-22(36-4)23(21)28/h5-15H,1-4H3,(H,30,34). The van der Waals surface area contributed by atoms with Crippen LogP contribution in [0.1, 0.15) is 18.8 Å². The lowest BCUT2D eigenvalue weighted by Crippen LogP contribution is -2.37. The van der Waals surface area contributed by atoms with Crippen LogP contribution in [0.25, 0.3) is 16.6 Å². The molecule has 1 N–H and O–H groups in total. The SMILES string of the molecule is COc1cc(OC)c(Br)c(-n2c(C(C)N(C)C(=O)Nc3ccccc3Br)nc3ccccc3c2=O)c1. The van der Waals surface area contributed by atoms with Crippen molar-refractivity contribution in [3.05, 3.63) is 85.8 Å². The van der Waals surface area contributed by atoms with Crippen LogP contribution in [0.3, 0.4) is 0 Å². The van der Waals surface area contributed by atoms with Crippen molar-refractivity contribution >= 4 is 54.5 Å². The Morgan fingerprint density at radius 2 is 1.75 bits per heavy atom. The Morgan fingerprint density at radius 1 is 1.06 bits per heavy atom. The van der Waals surface area contributed by atoms with Crippen LogP contribution >= 0.6 is 31.9 Å². The van der Waals surface area contributed by atoms with Crippen molar-refractivity contribution in [2.75, 3.05) is 26.6 Å². The van der Waals surface area contributed by atoms with E-state index in [1.54, 1.807) is 43.4 Å². The van der Waals surface area contributed by atoms with Gasteiger partial charge in [-0.15, -0.1) is 0 Å². The van der Waals surface area contributed by atoms with Gasteiger partial charge in [0.1, 0.15) is 17.3 Å². The molecule has 0 aliphatic rings. The molecule has 0 radical (unpaired) electrons. The van der Waals surface area contributed by atoms with E-state index in [1.165, 1.54) is 23.7 Å². The molecule has 0 saturated carbocycles. The monoisotopic (exact) mass is 614 g/mol. The fourth-order valence-corrected chi connectivity index (χ4v) is 4.72. The van der Waals surface area contributed by atoms with Crippen LogP contribution in [-0.2, 0) is 0 Å². The first-order valence-corrected chi connectivity index (χ1v) is 12.6. The zero-order chi connectivity index (χ0) is 26.0. The number of amides is 2. The van der Waals surface area contributed by atoms with Gasteiger partial charge in [0, 0.05) is 23.7 Å². The van der Waals surface area contributed by atoms with Crippen LogP contribution in [-0.4, -0.2) is 41.7 Å². The number of rotatable bonds is 6. The van der Waals surface area contributed by atoms with Crippen LogP contribution in [0.4, 0.5) is 10.5 Å². The van der Waals surface area contributed by atoms with Crippen molar-refractivity contribution in [2.24, 2.45) is 0 Å². The summed E-state index contributed by atoms with van der Waals surface area (Å²) in [7, 11) is 4.73. The van der Waals surface area contributed by atoms with Gasteiger partial charge in [0.2, 0.25) is 0 Å². The number of anilines is 1. The third-order valence-electron chi connectivity index (χ3n) is 5.88. The average molecular weight is 616 g/mol. The Hall–Kier alpha value is -3.37. The topological polar surface area (TPSA) is 85.7 Å². The number of ether oxygens (including phenoxy) is 2. The molecule has 2 amide bonds. The van der Waals surface area contributed by atoms with Crippen LogP contribution in [0.15, 0.2) is 74.4 Å². The maximum absolute atomic E-state index is 13.8. The summed E-state index contributed by atoms with van der Waals surface area (Å²) in [5, 5.41) is 3.34. The summed E-state index contributed by atoms with van der Waals surface area (Å²) in [5.74, 6) is 1.37. The van der Waals surface area contributed by atoms with Crippen molar-refractivity contribution in [3.63, 3.8) is 0 Å². The summed E-state index contributed by atoms with van der Waals surface area (Å²) >= 11 is 7.02. The van der Waals surface area contributed by atoms with Gasteiger partial charge in [0.15, 0.2) is 0 Å². The van der Waals surface area contributed by atoms with Gasteiger partial charge in [-0.05, 0) is 63.0 Å². The number of halogens is 2. The van der Waals surface area contributed by atoms with Crippen LogP contribution in [0.5, 0.6) is 11.5 Å². The first kappa shape index (κ1) is 25.7. The van der Waals surface area contributed by atoms with E-state index in [4.69, 9.17) is 14.5 Å². The van der Waals surface area contributed by atoms with E-state index < -0.39 is 6.04 Å². The number of urea groups is 1. The normalized spacial score (nSPS) is 11.7. The Kier molecular flexibility index (Phi) is 7.65. The minimum atomic E-state index is -0.589. The van der Waals surface area contributed by atoms with Gasteiger partial charge >= 0.3 is 6.03 Å². The van der Waals surface area contributed by atoms with Gasteiger partial charge in [-0.25, -0.2) is 9.78 Å². The highest BCUT2D eigenvalue weighted by Crippen LogP contribution is 2.37. The molecule has 3 aromatic carbocycles. The van der Waals surface area contributed by atoms with Gasteiger partial charge in [0.25, 0.3) is 5.56 Å². The van der Waals surface area contributed by atoms with Gasteiger partial charge in [-0.3, -0.25) is 9.36 Å². The van der Waals surface area contributed by atoms with E-state index in [2.05, 4.69) is 37.2 Å². The first-order valence-electron chi connectivity index (χ1n) is 11.0. The molecule has 10 heteroatoms. The molecule has 0 spiro atoms. The number of para-hydroxylation sites is 2. The van der Waals surface area contributed by atoms with Gasteiger partial charge in [-0.2, -0.15) is 0 Å². The highest BCUT2D eigenvalue weighted by molar-refractivity contribution is 9.11. The molecule has 0 bridgehead atoms. The van der Waals surface area contributed by atoms with E-state index in [0.717, 1.165) is 4.47 Å². The van der Waals surface area contributed by atoms with E-state index in [1.807, 2.05) is 31.2 Å². The molecular weight excluding hydrogens is 592 g/mol. The number of fused-ring (bicyclic) bond motifs is 1. The van der Waals surface area contributed by atoms with Gasteiger partial charge in [0.05, 0.1) is 47.0 Å². The first-order chi connectivity index (χ1) is 17.3. The van der Waals surface area contributed by atoms with Crippen LogP contribution in [0, 0.1) is 0 Å². The predicted molar refractivity (Wildman–Crippen MR) is 147 cm³/mol. The molecule has 0 aliphatic heterocycles. The molecule has 1 heterocycles. The molecule has 1 aromatic heterocycles. The average Bonchev–Trinajstić information content (AvgIpc) is 2.89. The van der Waals surface area contributed by atoms with E-state index in [9.17, 15) is 9.59 Å². The smallest absolute Gasteiger partial charge is 0.322 e. The fourth-order valence-electron chi connectivity index (χ4n) is 3.77. The number of hydrogen-bond donors (Lipinski definition) is 1. The Balaban J connectivity index is 1.88. The molecule has 4 rings (SSSR count). The fraction of sp³-hybridized carbons (Fsp3) is 0.192. The van der Waals surface area contributed by atoms with Crippen molar-refractivity contribution in [1.29, 1.82) is 0 Å². The van der Waals surface area contributed by atoms with Gasteiger partial charge in [-0.1, -0.05) is 24.3 Å². The number of hydrogen-bond acceptors (Lipinski definition) is 5. The number of carbonyl (C=O) groups is 1. The minimum absolute atomic E-state index is 0.280. The number of nitrogens with zero attached hydrogens (tertiary/aromatic N) is 3. The highest BCUT2D eigenvalue weighted by atomic mass is 79.9. The maximum atomic E-state index is 13.8. The highest BCUT2D eigenvalue weighted by Gasteiger charge is 2.26. The molecule has 0 saturated heterocycles. The molecule has 4 aromatic rings. The molecule has 8 nitrogen and oxygen atoms in total. The van der Waals surface area contributed by atoms with E-state index >= 15 is 0 Å². The molecule has 0 aliphatic carbocycles. The van der Waals surface area contributed by atoms with E-state index in [-0.39, 0.29) is 11.6 Å². The second-order valence-electron chi connectivity index (χ2n) is 7.99. The van der Waals surface area contributed by atoms with Crippen molar-refractivity contribution < 1.29 is 14.3 Å². The molecule has 186 valence electrons. The second kappa shape index (κ2) is 10.7. The lowest BCUT2D eigenvalue weighted by atomic mass is 10.2. The summed E-state index contributed by atoms with van der Waals surface area (Å²) < 4.78 is 13.7. The summed E-state index contributed by atoms with van der Waals surface area (Å²) in [6.07, 6.45) is 0. The number of carbonyl (C=O) groups excluding carboxylic acids is 1. The molecule has 1 atom stereocenters. The second-order valence-corrected chi connectivity index (χ2v) is 9.63. The Bertz CT molecular complexity index is 1510. The maximum Gasteiger partial charge on any atom is 0.322 e. The largest absolute Gasteiger partial charge is 0.497 e. The summed E-state index contributed by atoms with van der Waals surface area (Å²) in [6.45, 7) is 1.82.